The average Bonchev–Trinajstić information content (AvgIpc) is 2.99. The molecule has 1 aromatic rings. The Balaban J connectivity index is 2.08. The Bertz CT molecular complexity index is 886. The molecule has 0 bridgehead atoms. The van der Waals surface area contributed by atoms with Gasteiger partial charge in [0.2, 0.25) is 0 Å². The number of carbonyl (C=O) groups excluding carboxylic acids is 1. The number of rotatable bonds is 6. The molecule has 156 valence electrons. The number of hydroxylamine groups is 1. The number of halogens is 3. The summed E-state index contributed by atoms with van der Waals surface area (Å²) in [7, 11) is 0. The van der Waals surface area contributed by atoms with Crippen LogP contribution < -0.4 is 5.48 Å². The summed E-state index contributed by atoms with van der Waals surface area (Å²) in [6.45, 7) is 8.34. The lowest BCUT2D eigenvalue weighted by molar-refractivity contribution is -0.137. The van der Waals surface area contributed by atoms with Crippen LogP contribution in [0.15, 0.2) is 46.4 Å². The normalized spacial score (nSPS) is 16.9. The summed E-state index contributed by atoms with van der Waals surface area (Å²) >= 11 is 0. The number of fused-ring (bicyclic) bond motifs is 1. The van der Waals surface area contributed by atoms with Gasteiger partial charge in [-0.15, -0.1) is 0 Å². The molecule has 0 atom stereocenters. The van der Waals surface area contributed by atoms with Gasteiger partial charge in [0.25, 0.3) is 5.91 Å². The zero-order valence-corrected chi connectivity index (χ0v) is 16.5. The molecule has 0 radical (unpaired) electrons. The van der Waals surface area contributed by atoms with Gasteiger partial charge in [0.05, 0.1) is 17.5 Å². The maximum atomic E-state index is 13.5. The van der Waals surface area contributed by atoms with E-state index in [9.17, 15) is 18.0 Å². The largest absolute Gasteiger partial charge is 0.417 e. The number of amides is 1. The van der Waals surface area contributed by atoms with Gasteiger partial charge >= 0.3 is 6.18 Å². The van der Waals surface area contributed by atoms with E-state index in [2.05, 4.69) is 15.4 Å². The van der Waals surface area contributed by atoms with E-state index >= 15 is 0 Å². The second-order valence-electron chi connectivity index (χ2n) is 6.65. The van der Waals surface area contributed by atoms with Crippen LogP contribution in [0.2, 0.25) is 0 Å². The highest BCUT2D eigenvalue weighted by molar-refractivity contribution is 6.28. The van der Waals surface area contributed by atoms with Crippen LogP contribution in [0.5, 0.6) is 0 Å². The zero-order valence-electron chi connectivity index (χ0n) is 16.5. The van der Waals surface area contributed by atoms with Gasteiger partial charge in [-0.3, -0.25) is 4.79 Å². The molecule has 29 heavy (non-hydrogen) atoms. The van der Waals surface area contributed by atoms with Crippen LogP contribution in [0.4, 0.5) is 13.2 Å². The molecule has 3 rings (SSSR count). The van der Waals surface area contributed by atoms with Gasteiger partial charge in [0.15, 0.2) is 5.76 Å². The number of nitrogens with one attached hydrogen (secondary N) is 1. The highest BCUT2D eigenvalue weighted by atomic mass is 19.4. The van der Waals surface area contributed by atoms with Crippen LogP contribution in [0, 0.1) is 0 Å². The molecule has 2 aliphatic rings. The van der Waals surface area contributed by atoms with Crippen molar-refractivity contribution in [2.75, 3.05) is 26.2 Å². The predicted octanol–water partition coefficient (Wildman–Crippen LogP) is 3.40. The first-order valence-electron chi connectivity index (χ1n) is 9.40. The summed E-state index contributed by atoms with van der Waals surface area (Å²) in [4.78, 5) is 25.9. The number of allylic oxidation sites excluding steroid dienone is 1. The number of alkyl halides is 3. The molecular weight excluding hydrogens is 385 g/mol. The van der Waals surface area contributed by atoms with Crippen molar-refractivity contribution >= 4 is 17.8 Å². The average molecular weight is 408 g/mol. The highest BCUT2D eigenvalue weighted by Crippen LogP contribution is 2.39. The summed E-state index contributed by atoms with van der Waals surface area (Å²) in [6, 6.07) is 5.16. The van der Waals surface area contributed by atoms with E-state index in [0.717, 1.165) is 25.4 Å². The van der Waals surface area contributed by atoms with Crippen molar-refractivity contribution in [2.45, 2.75) is 26.9 Å². The van der Waals surface area contributed by atoms with Gasteiger partial charge in [0.1, 0.15) is 11.4 Å². The molecule has 1 N–H and O–H groups in total. The zero-order chi connectivity index (χ0) is 21.2. The molecular formula is C20H23F3N4O2. The van der Waals surface area contributed by atoms with Crippen LogP contribution >= 0.6 is 0 Å². The first-order valence-corrected chi connectivity index (χ1v) is 9.40. The summed E-state index contributed by atoms with van der Waals surface area (Å²) in [5, 5.41) is 0. The Labute approximate surface area is 167 Å². The molecule has 6 nitrogen and oxygen atoms in total. The van der Waals surface area contributed by atoms with Crippen LogP contribution in [0.3, 0.4) is 0 Å². The van der Waals surface area contributed by atoms with Gasteiger partial charge in [0, 0.05) is 18.7 Å². The Kier molecular flexibility index (Phi) is 5.97. The van der Waals surface area contributed by atoms with E-state index in [1.54, 1.807) is 6.92 Å². The van der Waals surface area contributed by atoms with Crippen molar-refractivity contribution < 1.29 is 22.8 Å². The van der Waals surface area contributed by atoms with Gasteiger partial charge in [-0.25, -0.2) is 10.5 Å². The molecule has 0 spiro atoms. The fraction of sp³-hybridized carbons (Fsp3) is 0.400. The van der Waals surface area contributed by atoms with Gasteiger partial charge in [-0.05, 0) is 26.1 Å². The Morgan fingerprint density at radius 1 is 1.21 bits per heavy atom. The maximum absolute atomic E-state index is 13.5. The molecule has 0 saturated carbocycles. The lowest BCUT2D eigenvalue weighted by Crippen LogP contribution is -2.39. The second kappa shape index (κ2) is 8.28. The van der Waals surface area contributed by atoms with Crippen LogP contribution in [-0.4, -0.2) is 48.1 Å². The lowest BCUT2D eigenvalue weighted by atomic mass is 10.0. The van der Waals surface area contributed by atoms with Gasteiger partial charge < -0.3 is 14.6 Å². The third kappa shape index (κ3) is 4.14. The van der Waals surface area contributed by atoms with Crippen molar-refractivity contribution in [3.8, 4) is 0 Å². The quantitative estimate of drug-likeness (QED) is 0.784. The number of nitrogens with zero attached hydrogens (tertiary/aromatic N) is 3. The minimum Gasteiger partial charge on any atom is -0.384 e. The number of carbonyl (C=O) groups is 1. The first kappa shape index (κ1) is 20.9. The highest BCUT2D eigenvalue weighted by Gasteiger charge is 2.38. The molecule has 0 saturated heterocycles. The van der Waals surface area contributed by atoms with E-state index in [-0.39, 0.29) is 17.0 Å². The number of benzene rings is 1. The molecule has 9 heteroatoms. The van der Waals surface area contributed by atoms with Gasteiger partial charge in [-0.1, -0.05) is 32.0 Å². The van der Waals surface area contributed by atoms with Crippen molar-refractivity contribution in [3.05, 3.63) is 52.5 Å². The van der Waals surface area contributed by atoms with E-state index in [0.29, 0.717) is 24.5 Å². The van der Waals surface area contributed by atoms with Gasteiger partial charge in [-0.2, -0.15) is 13.2 Å². The van der Waals surface area contributed by atoms with E-state index in [4.69, 9.17) is 4.84 Å². The smallest absolute Gasteiger partial charge is 0.384 e. The van der Waals surface area contributed by atoms with Crippen LogP contribution in [0.25, 0.3) is 5.70 Å². The minimum atomic E-state index is -4.56. The Hall–Kier alpha value is -2.81. The SMILES string of the molecule is CCN(CC)CCN1C(=O)C=NC(c2ccccc2C(F)(F)F)=C2NOC(C)=C21. The standard InChI is InChI=1S/C20H23F3N4O2/c1-4-26(5-2)10-11-27-16(28)12-24-17(18-19(27)13(3)29-25-18)14-8-6-7-9-15(14)20(21,22)23/h6-9,12,25H,4-5,10-11H2,1-3H3. The predicted molar refractivity (Wildman–Crippen MR) is 103 cm³/mol. The summed E-state index contributed by atoms with van der Waals surface area (Å²) < 4.78 is 40.6. The number of likely N-dealkylation sites (N-methyl/N-ethyl adjacent to an activating group) is 1. The van der Waals surface area contributed by atoms with Crippen LogP contribution in [0.1, 0.15) is 31.9 Å². The molecule has 0 unspecified atom stereocenters. The van der Waals surface area contributed by atoms with E-state index in [1.807, 2.05) is 13.8 Å². The second-order valence-corrected chi connectivity index (χ2v) is 6.65. The molecule has 1 amide bonds. The number of aliphatic imine (C=N–C) groups is 1. The molecule has 1 aromatic carbocycles. The molecule has 0 aliphatic carbocycles. The topological polar surface area (TPSA) is 57.2 Å². The van der Waals surface area contributed by atoms with E-state index < -0.39 is 17.6 Å². The fourth-order valence-electron chi connectivity index (χ4n) is 3.39. The third-order valence-electron chi connectivity index (χ3n) is 4.98. The van der Waals surface area contributed by atoms with Crippen molar-refractivity contribution in [3.63, 3.8) is 0 Å². The number of hydrogen-bond donors (Lipinski definition) is 1. The lowest BCUT2D eigenvalue weighted by Gasteiger charge is -2.25. The molecule has 2 aliphatic heterocycles. The Morgan fingerprint density at radius 3 is 2.55 bits per heavy atom. The summed E-state index contributed by atoms with van der Waals surface area (Å²) in [6.07, 6.45) is -3.49. The summed E-state index contributed by atoms with van der Waals surface area (Å²) in [5.74, 6) is -0.00353. The van der Waals surface area contributed by atoms with Crippen molar-refractivity contribution in [1.82, 2.24) is 15.3 Å². The van der Waals surface area contributed by atoms with Crippen molar-refractivity contribution in [2.24, 2.45) is 4.99 Å². The number of hydrogen-bond acceptors (Lipinski definition) is 5. The monoisotopic (exact) mass is 408 g/mol. The maximum Gasteiger partial charge on any atom is 0.417 e. The molecule has 0 aromatic heterocycles. The van der Waals surface area contributed by atoms with Crippen LogP contribution in [-0.2, 0) is 15.8 Å². The molecule has 0 fully saturated rings. The molecule has 2 heterocycles. The third-order valence-corrected chi connectivity index (χ3v) is 4.98. The summed E-state index contributed by atoms with van der Waals surface area (Å²) in [5.41, 5.74) is 2.39. The first-order chi connectivity index (χ1) is 13.8. The Morgan fingerprint density at radius 2 is 1.90 bits per heavy atom. The van der Waals surface area contributed by atoms with E-state index in [1.165, 1.54) is 23.1 Å². The minimum absolute atomic E-state index is 0.0171. The van der Waals surface area contributed by atoms with Crippen molar-refractivity contribution in [1.29, 1.82) is 0 Å². The fourth-order valence-corrected chi connectivity index (χ4v) is 3.39.